The highest BCUT2D eigenvalue weighted by Gasteiger charge is 1.93. The lowest BCUT2D eigenvalue weighted by Crippen LogP contribution is -1.58. The van der Waals surface area contributed by atoms with Crippen LogP contribution in [-0.2, 0) is 13.4 Å². The second-order valence-electron chi connectivity index (χ2n) is 1.97. The molecule has 0 saturated carbocycles. The van der Waals surface area contributed by atoms with E-state index in [9.17, 15) is 9.13 Å². The lowest BCUT2D eigenvalue weighted by atomic mass is 10.3. The van der Waals surface area contributed by atoms with Crippen LogP contribution >= 0.6 is 16.5 Å². The van der Waals surface area contributed by atoms with Crippen molar-refractivity contribution in [1.29, 1.82) is 0 Å². The van der Waals surface area contributed by atoms with Crippen LogP contribution in [0.15, 0.2) is 30.3 Å². The lowest BCUT2D eigenvalue weighted by molar-refractivity contribution is 0.371. The van der Waals surface area contributed by atoms with Crippen LogP contribution in [0.5, 0.6) is 5.75 Å². The minimum absolute atomic E-state index is 0.322. The second kappa shape index (κ2) is 7.74. The number of phenolic OH excluding ortho intramolecular Hbond substituents is 1. The molecule has 0 radical (unpaired) electrons. The van der Waals surface area contributed by atoms with Gasteiger partial charge in [0.05, 0.1) is 0 Å². The summed E-state index contributed by atoms with van der Waals surface area (Å²) in [5.74, 6) is 0.322. The molecule has 0 aliphatic rings. The number of hydrogen-bond acceptors (Lipinski definition) is 4. The van der Waals surface area contributed by atoms with Crippen LogP contribution in [0.2, 0.25) is 0 Å². The summed E-state index contributed by atoms with van der Waals surface area (Å²) in [5.41, 5.74) is 0. The van der Waals surface area contributed by atoms with Gasteiger partial charge in [-0.1, -0.05) is 18.2 Å². The van der Waals surface area contributed by atoms with E-state index in [4.69, 9.17) is 14.9 Å². The first kappa shape index (κ1) is 13.4. The average molecular weight is 240 g/mol. The summed E-state index contributed by atoms with van der Waals surface area (Å²) in [6, 6.07) is 8.71. The van der Waals surface area contributed by atoms with Gasteiger partial charge in [-0.2, -0.15) is 0 Å². The van der Waals surface area contributed by atoms with Crippen LogP contribution in [0.25, 0.3) is 0 Å². The Morgan fingerprint density at radius 3 is 1.57 bits per heavy atom. The van der Waals surface area contributed by atoms with Crippen molar-refractivity contribution >= 4 is 16.5 Å². The summed E-state index contributed by atoms with van der Waals surface area (Å²) in [5, 5.41) is 8.63. The second-order valence-corrected chi connectivity index (χ2v) is 3.85. The molecule has 1 aromatic rings. The van der Waals surface area contributed by atoms with E-state index in [1.54, 1.807) is 24.3 Å². The monoisotopic (exact) mass is 240 g/mol. The van der Waals surface area contributed by atoms with Gasteiger partial charge in [-0.05, 0) is 12.1 Å². The lowest BCUT2D eigenvalue weighted by Gasteiger charge is -1.86. The highest BCUT2D eigenvalue weighted by atomic mass is 31.2. The van der Waals surface area contributed by atoms with Gasteiger partial charge in [0.2, 0.25) is 0 Å². The van der Waals surface area contributed by atoms with Crippen molar-refractivity contribution in [2.45, 2.75) is 0 Å². The van der Waals surface area contributed by atoms with Gasteiger partial charge in [0, 0.05) is 0 Å². The Hall–Kier alpha value is -0.640. The zero-order valence-corrected chi connectivity index (χ0v) is 8.95. The van der Waals surface area contributed by atoms with E-state index in [0.717, 1.165) is 0 Å². The molecule has 80 valence electrons. The molecule has 1 rings (SSSR count). The molecule has 0 fully saturated rings. The third kappa shape index (κ3) is 9.45. The Morgan fingerprint density at radius 2 is 1.43 bits per heavy atom. The van der Waals surface area contributed by atoms with Crippen molar-refractivity contribution in [2.75, 3.05) is 0 Å². The van der Waals surface area contributed by atoms with Crippen LogP contribution in [0.1, 0.15) is 0 Å². The molecule has 0 bridgehead atoms. The molecule has 0 spiro atoms. The molecule has 14 heavy (non-hydrogen) atoms. The molecule has 2 atom stereocenters. The van der Waals surface area contributed by atoms with E-state index in [-0.39, 0.29) is 0 Å². The first-order valence-electron chi connectivity index (χ1n) is 3.40. The molecule has 0 amide bonds. The summed E-state index contributed by atoms with van der Waals surface area (Å²) in [4.78, 5) is 15.4. The Bertz CT molecular complexity index is 288. The zero-order valence-electron chi connectivity index (χ0n) is 6.95. The normalized spacial score (nSPS) is 13.6. The smallest absolute Gasteiger partial charge is 0.323 e. The van der Waals surface area contributed by atoms with Gasteiger partial charge in [0.25, 0.3) is 0 Å². The third-order valence-electron chi connectivity index (χ3n) is 0.931. The predicted molar refractivity (Wildman–Crippen MR) is 51.6 cm³/mol. The van der Waals surface area contributed by atoms with Crippen molar-refractivity contribution in [2.24, 2.45) is 0 Å². The van der Waals surface area contributed by atoms with Crippen LogP contribution < -0.4 is 0 Å². The highest BCUT2D eigenvalue weighted by molar-refractivity contribution is 7.46. The first-order valence-corrected chi connectivity index (χ1v) is 5.93. The standard InChI is InChI=1S/C6H6O.H4O5P2/c7-6-4-2-1-3-5-6;1-6(2)5-7(3)4/h1-5,7H;6-7H,(H,1,2)(H,3,4). The molecule has 2 unspecified atom stereocenters. The third-order valence-corrected chi connectivity index (χ3v) is 2.33. The van der Waals surface area contributed by atoms with Gasteiger partial charge in [-0.3, -0.25) is 9.13 Å². The van der Waals surface area contributed by atoms with E-state index in [0.29, 0.717) is 5.75 Å². The minimum Gasteiger partial charge on any atom is -0.508 e. The maximum Gasteiger partial charge on any atom is 0.323 e. The van der Waals surface area contributed by atoms with Crippen molar-refractivity contribution in [3.8, 4) is 5.75 Å². The quantitative estimate of drug-likeness (QED) is 0.670. The molecule has 0 aromatic heterocycles. The van der Waals surface area contributed by atoms with Gasteiger partial charge >= 0.3 is 16.5 Å². The number of rotatable bonds is 2. The van der Waals surface area contributed by atoms with E-state index in [1.165, 1.54) is 0 Å². The van der Waals surface area contributed by atoms with Crippen LogP contribution in [0, 0.1) is 0 Å². The molecule has 6 nitrogen and oxygen atoms in total. The topological polar surface area (TPSA) is 104 Å². The number of benzene rings is 1. The van der Waals surface area contributed by atoms with Gasteiger partial charge in [-0.25, -0.2) is 4.31 Å². The summed E-state index contributed by atoms with van der Waals surface area (Å²) in [7, 11) is -6.40. The predicted octanol–water partition coefficient (Wildman–Crippen LogP) is 1.16. The molecule has 1 aromatic carbocycles. The van der Waals surface area contributed by atoms with E-state index >= 15 is 0 Å². The molecule has 0 aliphatic carbocycles. The Labute approximate surface area is 81.7 Å². The van der Waals surface area contributed by atoms with Gasteiger partial charge in [0.1, 0.15) is 5.75 Å². The van der Waals surface area contributed by atoms with Crippen molar-refractivity contribution in [3.63, 3.8) is 0 Å². The molecule has 0 aliphatic heterocycles. The molecule has 0 saturated heterocycles. The Balaban J connectivity index is 0.000000241. The fourth-order valence-corrected chi connectivity index (χ4v) is 1.10. The number of para-hydroxylation sites is 1. The van der Waals surface area contributed by atoms with Gasteiger partial charge in [0.15, 0.2) is 0 Å². The number of hydrogen-bond donors (Lipinski definition) is 3. The Kier molecular flexibility index (Phi) is 7.38. The summed E-state index contributed by atoms with van der Waals surface area (Å²) < 4.78 is 22.3. The maximum atomic E-state index is 9.44. The number of aromatic hydroxyl groups is 1. The molecule has 3 N–H and O–H groups in total. The largest absolute Gasteiger partial charge is 0.508 e. The molecular weight excluding hydrogens is 230 g/mol. The van der Waals surface area contributed by atoms with Crippen LogP contribution in [0.3, 0.4) is 0 Å². The van der Waals surface area contributed by atoms with E-state index in [2.05, 4.69) is 4.31 Å². The minimum atomic E-state index is -3.20. The van der Waals surface area contributed by atoms with Crippen molar-refractivity contribution in [3.05, 3.63) is 30.3 Å². The fraction of sp³-hybridized carbons (Fsp3) is 0. The van der Waals surface area contributed by atoms with Gasteiger partial charge in [-0.15, -0.1) is 0 Å². The highest BCUT2D eigenvalue weighted by Crippen LogP contribution is 2.30. The summed E-state index contributed by atoms with van der Waals surface area (Å²) >= 11 is 0. The summed E-state index contributed by atoms with van der Waals surface area (Å²) in [6.45, 7) is 0. The first-order chi connectivity index (χ1) is 6.52. The SMILES string of the molecule is O=[PH](O)O[PH](=O)O.Oc1ccccc1. The fourth-order valence-electron chi connectivity index (χ4n) is 0.503. The Morgan fingerprint density at radius 1 is 1.00 bits per heavy atom. The van der Waals surface area contributed by atoms with E-state index < -0.39 is 16.5 Å². The van der Waals surface area contributed by atoms with Crippen LogP contribution in [0.4, 0.5) is 0 Å². The molecule has 8 heteroatoms. The van der Waals surface area contributed by atoms with Crippen molar-refractivity contribution in [1.82, 2.24) is 0 Å². The molecule has 0 heterocycles. The maximum absolute atomic E-state index is 9.44. The number of phenols is 1. The van der Waals surface area contributed by atoms with Crippen LogP contribution in [-0.4, -0.2) is 14.9 Å². The average Bonchev–Trinajstić information content (AvgIpc) is 2.03. The van der Waals surface area contributed by atoms with E-state index in [1.807, 2.05) is 6.07 Å². The zero-order chi connectivity index (χ0) is 11.0. The van der Waals surface area contributed by atoms with Crippen molar-refractivity contribution < 1.29 is 28.3 Å². The molecular formula is C6H10O6P2. The van der Waals surface area contributed by atoms with Gasteiger partial charge < -0.3 is 14.9 Å². The summed E-state index contributed by atoms with van der Waals surface area (Å²) in [6.07, 6.45) is 0.